The molecule has 1 N–H and O–H groups in total. The summed E-state index contributed by atoms with van der Waals surface area (Å²) in [7, 11) is 4.03. The van der Waals surface area contributed by atoms with Crippen LogP contribution >= 0.6 is 0 Å². The van der Waals surface area contributed by atoms with Crippen molar-refractivity contribution >= 4 is 11.8 Å². The molecule has 1 aliphatic rings. The van der Waals surface area contributed by atoms with E-state index < -0.39 is 0 Å². The lowest BCUT2D eigenvalue weighted by molar-refractivity contribution is 0.311. The second-order valence-corrected chi connectivity index (χ2v) is 4.23. The zero-order valence-electron chi connectivity index (χ0n) is 10.2. The molecule has 0 amide bonds. The van der Waals surface area contributed by atoms with E-state index in [2.05, 4.69) is 32.1 Å². The van der Waals surface area contributed by atoms with Gasteiger partial charge in [0.25, 0.3) is 0 Å². The second kappa shape index (κ2) is 4.65. The lowest BCUT2D eigenvalue weighted by atomic mass is 10.3. The number of nitrogens with one attached hydrogen (secondary N) is 1. The number of anilines is 2. The summed E-state index contributed by atoms with van der Waals surface area (Å²) in [5.41, 5.74) is 1.01. The molecule has 1 fully saturated rings. The summed E-state index contributed by atoms with van der Waals surface area (Å²) >= 11 is 0. The van der Waals surface area contributed by atoms with Crippen molar-refractivity contribution < 1.29 is 0 Å². The highest BCUT2D eigenvalue weighted by Crippen LogP contribution is 2.14. The van der Waals surface area contributed by atoms with Crippen LogP contribution < -0.4 is 10.2 Å². The molecular weight excluding hydrogens is 202 g/mol. The number of rotatable bonds is 2. The molecule has 0 aromatic carbocycles. The Morgan fingerprint density at radius 2 is 1.88 bits per heavy atom. The lowest BCUT2D eigenvalue weighted by Crippen LogP contribution is -2.45. The summed E-state index contributed by atoms with van der Waals surface area (Å²) in [6.45, 7) is 6.16. The Hall–Kier alpha value is -1.36. The summed E-state index contributed by atoms with van der Waals surface area (Å²) in [4.78, 5) is 13.5. The van der Waals surface area contributed by atoms with Gasteiger partial charge in [0.1, 0.15) is 5.82 Å². The highest BCUT2D eigenvalue weighted by atomic mass is 15.3. The maximum absolute atomic E-state index is 4.49. The molecule has 5 nitrogen and oxygen atoms in total. The van der Waals surface area contributed by atoms with E-state index in [9.17, 15) is 0 Å². The first kappa shape index (κ1) is 11.1. The number of hydrogen-bond acceptors (Lipinski definition) is 5. The van der Waals surface area contributed by atoms with Crippen LogP contribution in [0, 0.1) is 6.92 Å². The average molecular weight is 221 g/mol. The molecule has 0 bridgehead atoms. The quantitative estimate of drug-likeness (QED) is 0.791. The average Bonchev–Trinajstić information content (AvgIpc) is 2.29. The maximum Gasteiger partial charge on any atom is 0.227 e. The summed E-state index contributed by atoms with van der Waals surface area (Å²) in [5, 5.41) is 3.07. The molecule has 2 rings (SSSR count). The molecule has 0 radical (unpaired) electrons. The molecule has 5 heteroatoms. The van der Waals surface area contributed by atoms with Gasteiger partial charge in [-0.25, -0.2) is 4.98 Å². The van der Waals surface area contributed by atoms with E-state index in [0.29, 0.717) is 0 Å². The number of aryl methyl sites for hydroxylation is 1. The van der Waals surface area contributed by atoms with Crippen LogP contribution in [0.15, 0.2) is 6.07 Å². The van der Waals surface area contributed by atoms with E-state index >= 15 is 0 Å². The van der Waals surface area contributed by atoms with Gasteiger partial charge in [-0.05, 0) is 14.0 Å². The molecule has 0 aliphatic carbocycles. The Morgan fingerprint density at radius 1 is 1.19 bits per heavy atom. The molecule has 2 heterocycles. The Bertz CT molecular complexity index is 357. The standard InChI is InChI=1S/C11H19N5/c1-9-8-10(12-2)14-11(13-9)16-6-4-15(3)5-7-16/h8H,4-7H2,1-3H3,(H,12,13,14). The van der Waals surface area contributed by atoms with Crippen molar-refractivity contribution in [3.63, 3.8) is 0 Å². The number of piperazine rings is 1. The monoisotopic (exact) mass is 221 g/mol. The van der Waals surface area contributed by atoms with Gasteiger partial charge in [-0.15, -0.1) is 0 Å². The molecule has 0 spiro atoms. The number of likely N-dealkylation sites (N-methyl/N-ethyl adjacent to an activating group) is 1. The van der Waals surface area contributed by atoms with Crippen LogP contribution in [0.4, 0.5) is 11.8 Å². The van der Waals surface area contributed by atoms with Gasteiger partial charge in [0.2, 0.25) is 5.95 Å². The Labute approximate surface area is 96.5 Å². The fourth-order valence-corrected chi connectivity index (χ4v) is 1.83. The third kappa shape index (κ3) is 2.41. The summed E-state index contributed by atoms with van der Waals surface area (Å²) in [6.07, 6.45) is 0. The molecule has 1 saturated heterocycles. The van der Waals surface area contributed by atoms with E-state index in [0.717, 1.165) is 43.6 Å². The lowest BCUT2D eigenvalue weighted by Gasteiger charge is -2.32. The molecule has 88 valence electrons. The third-order valence-electron chi connectivity index (χ3n) is 2.88. The van der Waals surface area contributed by atoms with Crippen LogP contribution in [0.1, 0.15) is 5.69 Å². The molecule has 0 atom stereocenters. The molecule has 0 saturated carbocycles. The zero-order chi connectivity index (χ0) is 11.5. The highest BCUT2D eigenvalue weighted by Gasteiger charge is 2.16. The van der Waals surface area contributed by atoms with E-state index in [4.69, 9.17) is 0 Å². The number of nitrogens with zero attached hydrogens (tertiary/aromatic N) is 4. The molecule has 1 aromatic heterocycles. The minimum atomic E-state index is 0.845. The van der Waals surface area contributed by atoms with Crippen molar-refractivity contribution in [2.24, 2.45) is 0 Å². The second-order valence-electron chi connectivity index (χ2n) is 4.23. The van der Waals surface area contributed by atoms with E-state index in [1.165, 1.54) is 0 Å². The van der Waals surface area contributed by atoms with Crippen LogP contribution in [-0.4, -0.2) is 55.1 Å². The van der Waals surface area contributed by atoms with Gasteiger partial charge >= 0.3 is 0 Å². The smallest absolute Gasteiger partial charge is 0.227 e. The first-order valence-electron chi connectivity index (χ1n) is 5.66. The van der Waals surface area contributed by atoms with Crippen LogP contribution in [0.3, 0.4) is 0 Å². The first-order valence-corrected chi connectivity index (χ1v) is 5.66. The summed E-state index contributed by atoms with van der Waals surface area (Å²) in [5.74, 6) is 1.74. The Balaban J connectivity index is 2.16. The zero-order valence-corrected chi connectivity index (χ0v) is 10.2. The molecule has 1 aliphatic heterocycles. The minimum Gasteiger partial charge on any atom is -0.373 e. The van der Waals surface area contributed by atoms with E-state index in [-0.39, 0.29) is 0 Å². The van der Waals surface area contributed by atoms with Crippen LogP contribution in [0.25, 0.3) is 0 Å². The van der Waals surface area contributed by atoms with Crippen molar-refractivity contribution in [1.82, 2.24) is 14.9 Å². The minimum absolute atomic E-state index is 0.845. The predicted molar refractivity (Wildman–Crippen MR) is 66.0 cm³/mol. The van der Waals surface area contributed by atoms with Crippen LogP contribution in [-0.2, 0) is 0 Å². The molecular formula is C11H19N5. The van der Waals surface area contributed by atoms with E-state index in [1.54, 1.807) is 0 Å². The highest BCUT2D eigenvalue weighted by molar-refractivity contribution is 5.43. The van der Waals surface area contributed by atoms with E-state index in [1.807, 2.05) is 20.0 Å². The predicted octanol–water partition coefficient (Wildman–Crippen LogP) is 0.579. The van der Waals surface area contributed by atoms with Gasteiger partial charge in [0, 0.05) is 45.0 Å². The van der Waals surface area contributed by atoms with Crippen molar-refractivity contribution in [2.45, 2.75) is 6.92 Å². The normalized spacial score (nSPS) is 17.6. The fraction of sp³-hybridized carbons (Fsp3) is 0.636. The topological polar surface area (TPSA) is 44.3 Å². The molecule has 0 unspecified atom stereocenters. The Morgan fingerprint density at radius 3 is 2.50 bits per heavy atom. The third-order valence-corrected chi connectivity index (χ3v) is 2.88. The molecule has 1 aromatic rings. The van der Waals surface area contributed by atoms with Crippen molar-refractivity contribution in [3.05, 3.63) is 11.8 Å². The number of aromatic nitrogens is 2. The largest absolute Gasteiger partial charge is 0.373 e. The van der Waals surface area contributed by atoms with Crippen LogP contribution in [0.5, 0.6) is 0 Å². The molecule has 16 heavy (non-hydrogen) atoms. The van der Waals surface area contributed by atoms with Gasteiger partial charge in [0.15, 0.2) is 0 Å². The van der Waals surface area contributed by atoms with Gasteiger partial charge < -0.3 is 15.1 Å². The maximum atomic E-state index is 4.49. The van der Waals surface area contributed by atoms with Gasteiger partial charge in [-0.1, -0.05) is 0 Å². The summed E-state index contributed by atoms with van der Waals surface area (Å²) < 4.78 is 0. The summed E-state index contributed by atoms with van der Waals surface area (Å²) in [6, 6.07) is 1.96. The fourth-order valence-electron chi connectivity index (χ4n) is 1.83. The van der Waals surface area contributed by atoms with Gasteiger partial charge in [-0.3, -0.25) is 0 Å². The Kier molecular flexibility index (Phi) is 3.24. The first-order chi connectivity index (χ1) is 7.69. The van der Waals surface area contributed by atoms with Crippen molar-refractivity contribution in [2.75, 3.05) is 50.5 Å². The van der Waals surface area contributed by atoms with Gasteiger partial charge in [0.05, 0.1) is 0 Å². The number of hydrogen-bond donors (Lipinski definition) is 1. The van der Waals surface area contributed by atoms with Crippen molar-refractivity contribution in [3.8, 4) is 0 Å². The van der Waals surface area contributed by atoms with Crippen LogP contribution in [0.2, 0.25) is 0 Å². The van der Waals surface area contributed by atoms with Crippen molar-refractivity contribution in [1.29, 1.82) is 0 Å². The van der Waals surface area contributed by atoms with Gasteiger partial charge in [-0.2, -0.15) is 4.98 Å². The SMILES string of the molecule is CNc1cc(C)nc(N2CCN(C)CC2)n1.